The molecule has 4 rings (SSSR count). The Morgan fingerprint density at radius 2 is 1.82 bits per heavy atom. The largest absolute Gasteiger partial charge is 0.486 e. The number of amidine groups is 1. The molecule has 0 aliphatic rings. The average molecular weight is 602 g/mol. The Morgan fingerprint density at radius 3 is 2.45 bits per heavy atom. The maximum atomic E-state index is 15.3. The summed E-state index contributed by atoms with van der Waals surface area (Å²) in [5.41, 5.74) is 3.59. The van der Waals surface area contributed by atoms with Crippen LogP contribution in [0.4, 0.5) is 4.39 Å². The van der Waals surface area contributed by atoms with Gasteiger partial charge in [0.05, 0.1) is 19.8 Å². The summed E-state index contributed by atoms with van der Waals surface area (Å²) in [4.78, 5) is 30.6. The number of benzene rings is 2. The van der Waals surface area contributed by atoms with Gasteiger partial charge in [-0.15, -0.1) is 0 Å². The first-order valence-corrected chi connectivity index (χ1v) is 14.4. The number of aromatic nitrogens is 3. The number of hydrogen-bond acceptors (Lipinski definition) is 7. The van der Waals surface area contributed by atoms with Crippen LogP contribution in [0.2, 0.25) is 0 Å². The molecule has 0 amide bonds. The van der Waals surface area contributed by atoms with Crippen molar-refractivity contribution in [3.63, 3.8) is 0 Å². The number of hydrogen-bond donors (Lipinski definition) is 0. The third-order valence-electron chi connectivity index (χ3n) is 6.50. The Labute approximate surface area is 258 Å². The minimum atomic E-state index is -0.412. The van der Waals surface area contributed by atoms with Gasteiger partial charge in [-0.3, -0.25) is 9.36 Å². The van der Waals surface area contributed by atoms with Crippen molar-refractivity contribution in [3.05, 3.63) is 111 Å². The number of ether oxygens (including phenoxy) is 2. The van der Waals surface area contributed by atoms with Crippen molar-refractivity contribution in [2.24, 2.45) is 10.1 Å². The Kier molecular flexibility index (Phi) is 12.8. The van der Waals surface area contributed by atoms with Crippen LogP contribution in [0.15, 0.2) is 81.8 Å². The second-order valence-electron chi connectivity index (χ2n) is 10.1. The smallest absolute Gasteiger partial charge is 0.256 e. The maximum Gasteiger partial charge on any atom is 0.256 e. The standard InChI is InChI=1S/C26H29FN4O3.C8H11NO/c1-6-9-24-29-18(3)17(2)26(32)31(24)15-20-13-12-19(14-23(20)27)21-10-7-8-11-22(21)25(30-34-5)28-16-33-4;1-7(2)10-8-5-3-4-6-9-8/h7-8,10-14,16H,6,9,15H2,1-5H3;3-7H,1-2H3/b28-16?,30-25-;. The van der Waals surface area contributed by atoms with E-state index in [0.29, 0.717) is 51.9 Å². The van der Waals surface area contributed by atoms with Crippen LogP contribution in [0.25, 0.3) is 11.1 Å². The van der Waals surface area contributed by atoms with Crippen molar-refractivity contribution in [1.82, 2.24) is 14.5 Å². The zero-order chi connectivity index (χ0) is 32.1. The van der Waals surface area contributed by atoms with Crippen LogP contribution in [-0.4, -0.2) is 47.1 Å². The van der Waals surface area contributed by atoms with E-state index in [-0.39, 0.29) is 18.2 Å². The molecule has 10 heteroatoms. The highest BCUT2D eigenvalue weighted by molar-refractivity contribution is 6.07. The fraction of sp³-hybridized carbons (Fsp3) is 0.324. The molecule has 0 atom stereocenters. The minimum absolute atomic E-state index is 0.116. The molecule has 232 valence electrons. The molecule has 2 aromatic heterocycles. The van der Waals surface area contributed by atoms with E-state index in [1.54, 1.807) is 23.8 Å². The van der Waals surface area contributed by atoms with E-state index in [1.807, 2.05) is 76.2 Å². The first-order valence-electron chi connectivity index (χ1n) is 14.4. The van der Waals surface area contributed by atoms with Gasteiger partial charge < -0.3 is 14.3 Å². The molecule has 0 N–H and O–H groups in total. The average Bonchev–Trinajstić information content (AvgIpc) is 3.01. The van der Waals surface area contributed by atoms with Gasteiger partial charge in [-0.25, -0.2) is 14.4 Å². The summed E-state index contributed by atoms with van der Waals surface area (Å²) in [5.74, 6) is 1.24. The van der Waals surface area contributed by atoms with Crippen molar-refractivity contribution in [2.75, 3.05) is 14.2 Å². The van der Waals surface area contributed by atoms with E-state index < -0.39 is 5.82 Å². The second-order valence-corrected chi connectivity index (χ2v) is 10.1. The topological polar surface area (TPSA) is 100 Å². The number of nitrogens with zero attached hydrogens (tertiary/aromatic N) is 5. The normalized spacial score (nSPS) is 11.3. The summed E-state index contributed by atoms with van der Waals surface area (Å²) in [6.07, 6.45) is 4.66. The number of aryl methyl sites for hydroxylation is 2. The van der Waals surface area contributed by atoms with Gasteiger partial charge in [-0.1, -0.05) is 54.5 Å². The first kappa shape index (κ1) is 33.6. The third kappa shape index (κ3) is 9.07. The first-order chi connectivity index (χ1) is 21.2. The zero-order valence-corrected chi connectivity index (χ0v) is 26.4. The highest BCUT2D eigenvalue weighted by Crippen LogP contribution is 2.27. The summed E-state index contributed by atoms with van der Waals surface area (Å²) in [7, 11) is 2.91. The van der Waals surface area contributed by atoms with E-state index in [0.717, 1.165) is 12.0 Å². The quantitative estimate of drug-likeness (QED) is 0.117. The minimum Gasteiger partial charge on any atom is -0.486 e. The van der Waals surface area contributed by atoms with E-state index in [9.17, 15) is 4.79 Å². The van der Waals surface area contributed by atoms with Crippen LogP contribution in [-0.2, 0) is 22.5 Å². The van der Waals surface area contributed by atoms with Crippen molar-refractivity contribution >= 4 is 12.2 Å². The molecule has 0 aliphatic heterocycles. The van der Waals surface area contributed by atoms with Crippen LogP contribution in [0.5, 0.6) is 5.88 Å². The molecule has 0 saturated carbocycles. The number of halogens is 1. The zero-order valence-electron chi connectivity index (χ0n) is 26.4. The molecule has 0 radical (unpaired) electrons. The van der Waals surface area contributed by atoms with Gasteiger partial charge in [-0.05, 0) is 57.4 Å². The number of rotatable bonds is 10. The molecular weight excluding hydrogens is 561 g/mol. The molecule has 0 fully saturated rings. The molecule has 4 aromatic rings. The van der Waals surface area contributed by atoms with Gasteiger partial charge in [0.2, 0.25) is 11.7 Å². The van der Waals surface area contributed by atoms with E-state index in [1.165, 1.54) is 26.7 Å². The lowest BCUT2D eigenvalue weighted by Crippen LogP contribution is -2.29. The van der Waals surface area contributed by atoms with E-state index >= 15 is 4.39 Å². The molecule has 44 heavy (non-hydrogen) atoms. The number of oxime groups is 1. The van der Waals surface area contributed by atoms with Gasteiger partial charge in [0, 0.05) is 41.1 Å². The SMILES string of the molecule is CC(C)Oc1ccccn1.CCCc1nc(C)c(C)c(=O)n1Cc1ccc(-c2ccccc2/C(N=COC)=N/OC)cc1F. The summed E-state index contributed by atoms with van der Waals surface area (Å²) >= 11 is 0. The van der Waals surface area contributed by atoms with Gasteiger partial charge >= 0.3 is 0 Å². The van der Waals surface area contributed by atoms with Gasteiger partial charge in [0.15, 0.2) is 6.40 Å². The van der Waals surface area contributed by atoms with Crippen LogP contribution < -0.4 is 10.3 Å². The molecule has 0 aliphatic carbocycles. The molecular formula is C34H40FN5O4. The molecule has 2 heterocycles. The molecule has 9 nitrogen and oxygen atoms in total. The van der Waals surface area contributed by atoms with Gasteiger partial charge in [-0.2, -0.15) is 4.99 Å². The third-order valence-corrected chi connectivity index (χ3v) is 6.50. The lowest BCUT2D eigenvalue weighted by molar-refractivity contribution is 0.213. The van der Waals surface area contributed by atoms with Crippen molar-refractivity contribution in [2.45, 2.75) is 60.1 Å². The molecule has 0 bridgehead atoms. The monoisotopic (exact) mass is 601 g/mol. The fourth-order valence-electron chi connectivity index (χ4n) is 4.32. The Bertz CT molecular complexity index is 1630. The van der Waals surface area contributed by atoms with Crippen molar-refractivity contribution in [1.29, 1.82) is 0 Å². The summed E-state index contributed by atoms with van der Waals surface area (Å²) < 4.78 is 27.1. The van der Waals surface area contributed by atoms with Gasteiger partial charge in [0.25, 0.3) is 5.56 Å². The Morgan fingerprint density at radius 1 is 1.07 bits per heavy atom. The molecule has 0 unspecified atom stereocenters. The van der Waals surface area contributed by atoms with Crippen LogP contribution in [0.3, 0.4) is 0 Å². The summed E-state index contributed by atoms with van der Waals surface area (Å²) in [5, 5.41) is 3.97. The van der Waals surface area contributed by atoms with E-state index in [2.05, 4.69) is 20.1 Å². The predicted octanol–water partition coefficient (Wildman–Crippen LogP) is 6.52. The van der Waals surface area contributed by atoms with E-state index in [4.69, 9.17) is 14.3 Å². The Balaban J connectivity index is 0.000000448. The highest BCUT2D eigenvalue weighted by atomic mass is 19.1. The molecule has 0 spiro atoms. The van der Waals surface area contributed by atoms with Crippen LogP contribution in [0.1, 0.15) is 55.4 Å². The summed E-state index contributed by atoms with van der Waals surface area (Å²) in [6.45, 7) is 9.67. The predicted molar refractivity (Wildman–Crippen MR) is 172 cm³/mol. The molecule has 0 saturated heterocycles. The fourth-order valence-corrected chi connectivity index (χ4v) is 4.32. The number of methoxy groups -OCH3 is 1. The van der Waals surface area contributed by atoms with Crippen molar-refractivity contribution < 1.29 is 18.7 Å². The lowest BCUT2D eigenvalue weighted by atomic mass is 9.97. The summed E-state index contributed by atoms with van der Waals surface area (Å²) in [6, 6.07) is 18.0. The van der Waals surface area contributed by atoms with Crippen molar-refractivity contribution in [3.8, 4) is 17.0 Å². The maximum absolute atomic E-state index is 15.3. The van der Waals surface area contributed by atoms with Crippen LogP contribution >= 0.6 is 0 Å². The second kappa shape index (κ2) is 16.7. The van der Waals surface area contributed by atoms with Gasteiger partial charge in [0.1, 0.15) is 18.8 Å². The number of pyridine rings is 1. The molecule has 2 aromatic carbocycles. The highest BCUT2D eigenvalue weighted by Gasteiger charge is 2.16. The lowest BCUT2D eigenvalue weighted by Gasteiger charge is -2.15. The number of aliphatic imine (C=N–C) groups is 1. The van der Waals surface area contributed by atoms with Crippen LogP contribution in [0, 0.1) is 19.7 Å². The Hall–Kier alpha value is -4.86.